The zero-order valence-corrected chi connectivity index (χ0v) is 14.8. The van der Waals surface area contributed by atoms with Gasteiger partial charge in [0.1, 0.15) is 11.6 Å². The number of nitrogens with one attached hydrogen (secondary N) is 2. The molecule has 2 aromatic rings. The predicted molar refractivity (Wildman–Crippen MR) is 98.0 cm³/mol. The lowest BCUT2D eigenvalue weighted by molar-refractivity contribution is -0.117. The summed E-state index contributed by atoms with van der Waals surface area (Å²) in [5.74, 6) is 1.69. The Hall–Kier alpha value is -2.18. The molecule has 25 heavy (non-hydrogen) atoms. The van der Waals surface area contributed by atoms with Gasteiger partial charge in [-0.25, -0.2) is 9.97 Å². The van der Waals surface area contributed by atoms with Gasteiger partial charge in [0.25, 0.3) is 0 Å². The molecular formula is C18H20ClN5O. The Balaban J connectivity index is 1.56. The van der Waals surface area contributed by atoms with Crippen LogP contribution in [0.1, 0.15) is 23.5 Å². The third-order valence-electron chi connectivity index (χ3n) is 4.66. The second kappa shape index (κ2) is 6.61. The molecule has 4 rings (SSSR count). The number of carbonyl (C=O) groups is 1. The van der Waals surface area contributed by atoms with Gasteiger partial charge < -0.3 is 15.5 Å². The van der Waals surface area contributed by atoms with E-state index in [4.69, 9.17) is 11.6 Å². The molecule has 7 heteroatoms. The number of para-hydroxylation sites is 1. The summed E-state index contributed by atoms with van der Waals surface area (Å²) in [6.07, 6.45) is 1.33. The highest BCUT2D eigenvalue weighted by atomic mass is 35.5. The smallest absolute Gasteiger partial charge is 0.229 e. The number of amides is 1. The van der Waals surface area contributed by atoms with Gasteiger partial charge in [0, 0.05) is 25.1 Å². The van der Waals surface area contributed by atoms with Crippen LogP contribution in [0.15, 0.2) is 24.3 Å². The number of rotatable bonds is 3. The van der Waals surface area contributed by atoms with E-state index in [1.165, 1.54) is 0 Å². The molecule has 130 valence electrons. The van der Waals surface area contributed by atoms with Crippen molar-refractivity contribution in [2.24, 2.45) is 0 Å². The van der Waals surface area contributed by atoms with E-state index in [2.05, 4.69) is 20.6 Å². The van der Waals surface area contributed by atoms with E-state index >= 15 is 0 Å². The lowest BCUT2D eigenvalue weighted by Gasteiger charge is -2.22. The maximum atomic E-state index is 12.5. The Labute approximate surface area is 151 Å². The standard InChI is InChI=1S/C18H20ClN5O/c1-11-21-15-9-20-7-6-13(15)18(22-11)23-12-8-17(25)24(10-12)16-5-3-2-4-14(16)19/h2-5,12,20H,6-10H2,1H3,(H,21,22,23). The summed E-state index contributed by atoms with van der Waals surface area (Å²) in [7, 11) is 0. The normalized spacial score (nSPS) is 19.8. The van der Waals surface area contributed by atoms with Gasteiger partial charge in [-0.2, -0.15) is 0 Å². The van der Waals surface area contributed by atoms with E-state index in [-0.39, 0.29) is 11.9 Å². The number of hydrogen-bond acceptors (Lipinski definition) is 5. The van der Waals surface area contributed by atoms with Crippen LogP contribution >= 0.6 is 11.6 Å². The molecule has 2 N–H and O–H groups in total. The van der Waals surface area contributed by atoms with E-state index in [1.54, 1.807) is 4.90 Å². The van der Waals surface area contributed by atoms with Crippen LogP contribution in [0.3, 0.4) is 0 Å². The highest BCUT2D eigenvalue weighted by Gasteiger charge is 2.32. The van der Waals surface area contributed by atoms with Crippen molar-refractivity contribution in [3.63, 3.8) is 0 Å². The first kappa shape index (κ1) is 16.3. The highest BCUT2D eigenvalue weighted by Crippen LogP contribution is 2.30. The number of halogens is 1. The van der Waals surface area contributed by atoms with Gasteiger partial charge in [-0.3, -0.25) is 4.79 Å². The quantitative estimate of drug-likeness (QED) is 0.882. The summed E-state index contributed by atoms with van der Waals surface area (Å²) in [5.41, 5.74) is 2.98. The summed E-state index contributed by atoms with van der Waals surface area (Å²) in [5, 5.41) is 7.41. The van der Waals surface area contributed by atoms with Crippen LogP contribution in [-0.4, -0.2) is 35.0 Å². The highest BCUT2D eigenvalue weighted by molar-refractivity contribution is 6.33. The average molecular weight is 358 g/mol. The van der Waals surface area contributed by atoms with Gasteiger partial charge in [0.05, 0.1) is 22.4 Å². The summed E-state index contributed by atoms with van der Waals surface area (Å²) >= 11 is 6.25. The molecule has 0 spiro atoms. The van der Waals surface area contributed by atoms with Crippen LogP contribution in [0, 0.1) is 6.92 Å². The van der Waals surface area contributed by atoms with Gasteiger partial charge >= 0.3 is 0 Å². The minimum Gasteiger partial charge on any atom is -0.365 e. The number of nitrogens with zero attached hydrogens (tertiary/aromatic N) is 3. The van der Waals surface area contributed by atoms with Crippen molar-refractivity contribution in [1.29, 1.82) is 0 Å². The fraction of sp³-hybridized carbons (Fsp3) is 0.389. The minimum absolute atomic E-state index is 0.0112. The van der Waals surface area contributed by atoms with Gasteiger partial charge in [-0.1, -0.05) is 23.7 Å². The largest absolute Gasteiger partial charge is 0.365 e. The average Bonchev–Trinajstić information content (AvgIpc) is 2.95. The Kier molecular flexibility index (Phi) is 4.31. The van der Waals surface area contributed by atoms with Crippen molar-refractivity contribution >= 4 is 29.0 Å². The van der Waals surface area contributed by atoms with Crippen LogP contribution in [0.5, 0.6) is 0 Å². The number of aromatic nitrogens is 2. The summed E-state index contributed by atoms with van der Waals surface area (Å²) in [6.45, 7) is 4.17. The number of aryl methyl sites for hydroxylation is 1. The van der Waals surface area contributed by atoms with Crippen molar-refractivity contribution in [3.8, 4) is 0 Å². The van der Waals surface area contributed by atoms with Gasteiger partial charge in [0.15, 0.2) is 0 Å². The zero-order chi connectivity index (χ0) is 17.4. The van der Waals surface area contributed by atoms with Crippen molar-refractivity contribution in [1.82, 2.24) is 15.3 Å². The maximum absolute atomic E-state index is 12.5. The van der Waals surface area contributed by atoms with Crippen LogP contribution in [0.2, 0.25) is 5.02 Å². The maximum Gasteiger partial charge on any atom is 0.229 e. The van der Waals surface area contributed by atoms with Crippen molar-refractivity contribution in [2.75, 3.05) is 23.3 Å². The molecule has 1 aromatic heterocycles. The molecular weight excluding hydrogens is 338 g/mol. The van der Waals surface area contributed by atoms with Crippen LogP contribution in [0.25, 0.3) is 0 Å². The van der Waals surface area contributed by atoms with E-state index < -0.39 is 0 Å². The Morgan fingerprint density at radius 1 is 1.32 bits per heavy atom. The molecule has 0 saturated carbocycles. The summed E-state index contributed by atoms with van der Waals surface area (Å²) in [6, 6.07) is 7.46. The molecule has 3 heterocycles. The molecule has 1 saturated heterocycles. The lowest BCUT2D eigenvalue weighted by Crippen LogP contribution is -2.30. The van der Waals surface area contributed by atoms with E-state index in [1.807, 2.05) is 31.2 Å². The molecule has 0 aliphatic carbocycles. The second-order valence-corrected chi connectivity index (χ2v) is 6.88. The van der Waals surface area contributed by atoms with E-state index in [0.29, 0.717) is 18.0 Å². The molecule has 0 radical (unpaired) electrons. The molecule has 0 bridgehead atoms. The summed E-state index contributed by atoms with van der Waals surface area (Å²) in [4.78, 5) is 23.3. The third kappa shape index (κ3) is 3.19. The number of carbonyl (C=O) groups excluding carboxylic acids is 1. The van der Waals surface area contributed by atoms with Crippen LogP contribution in [-0.2, 0) is 17.8 Å². The van der Waals surface area contributed by atoms with Gasteiger partial charge in [0.2, 0.25) is 5.91 Å². The molecule has 6 nitrogen and oxygen atoms in total. The van der Waals surface area contributed by atoms with Crippen molar-refractivity contribution < 1.29 is 4.79 Å². The first-order valence-electron chi connectivity index (χ1n) is 8.50. The number of fused-ring (bicyclic) bond motifs is 1. The Morgan fingerprint density at radius 2 is 2.16 bits per heavy atom. The Bertz CT molecular complexity index is 825. The van der Waals surface area contributed by atoms with Crippen LogP contribution < -0.4 is 15.5 Å². The van der Waals surface area contributed by atoms with Gasteiger partial charge in [-0.15, -0.1) is 0 Å². The van der Waals surface area contributed by atoms with E-state index in [9.17, 15) is 4.79 Å². The van der Waals surface area contributed by atoms with Crippen molar-refractivity contribution in [3.05, 3.63) is 46.4 Å². The SMILES string of the molecule is Cc1nc2c(c(NC3CC(=O)N(c4ccccc4Cl)C3)n1)CCNC2. The zero-order valence-electron chi connectivity index (χ0n) is 14.1. The molecule has 1 atom stereocenters. The number of benzene rings is 1. The molecule has 1 amide bonds. The minimum atomic E-state index is 0.0112. The van der Waals surface area contributed by atoms with Crippen molar-refractivity contribution in [2.45, 2.75) is 32.4 Å². The molecule has 2 aliphatic heterocycles. The molecule has 2 aliphatic rings. The van der Waals surface area contributed by atoms with Crippen LogP contribution in [0.4, 0.5) is 11.5 Å². The molecule has 1 unspecified atom stereocenters. The first-order valence-corrected chi connectivity index (χ1v) is 8.88. The molecule has 1 aromatic carbocycles. The number of hydrogen-bond donors (Lipinski definition) is 2. The van der Waals surface area contributed by atoms with E-state index in [0.717, 1.165) is 48.1 Å². The summed E-state index contributed by atoms with van der Waals surface area (Å²) < 4.78 is 0. The first-order chi connectivity index (χ1) is 12.1. The monoisotopic (exact) mass is 357 g/mol. The molecule has 1 fully saturated rings. The topological polar surface area (TPSA) is 70.2 Å². The fourth-order valence-corrected chi connectivity index (χ4v) is 3.74. The van der Waals surface area contributed by atoms with Gasteiger partial charge in [-0.05, 0) is 32.0 Å². The lowest BCUT2D eigenvalue weighted by atomic mass is 10.1. The third-order valence-corrected chi connectivity index (χ3v) is 4.98. The number of anilines is 2. The fourth-order valence-electron chi connectivity index (χ4n) is 3.50. The second-order valence-electron chi connectivity index (χ2n) is 6.47. The predicted octanol–water partition coefficient (Wildman–Crippen LogP) is 2.30. The Morgan fingerprint density at radius 3 is 3.00 bits per heavy atom.